The van der Waals surface area contributed by atoms with Crippen molar-refractivity contribution in [3.63, 3.8) is 0 Å². The number of anilines is 15. The van der Waals surface area contributed by atoms with Gasteiger partial charge < -0.3 is 48.7 Å². The summed E-state index contributed by atoms with van der Waals surface area (Å²) in [5.74, 6) is 11.4. The van der Waals surface area contributed by atoms with Crippen molar-refractivity contribution in [2.24, 2.45) is 0 Å². The lowest BCUT2D eigenvalue weighted by Gasteiger charge is -2.11. The minimum absolute atomic E-state index is 0. The van der Waals surface area contributed by atoms with Gasteiger partial charge in [-0.2, -0.15) is 25.5 Å². The van der Waals surface area contributed by atoms with Crippen LogP contribution in [0.5, 0.6) is 0 Å². The van der Waals surface area contributed by atoms with Crippen LogP contribution >= 0.6 is 0 Å². The number of carbonyl (C=O) groups is 3. The summed E-state index contributed by atoms with van der Waals surface area (Å²) >= 11 is 0. The Morgan fingerprint density at radius 1 is 0.400 bits per heavy atom. The SMILES string of the molecule is CC(=O)Nc1cnc(-c2ccccc2)nc1Nc1cc(C2CC2)n(C(C)=O)n1.CC(=O)n1nc(Nc2nc(-c3ccccc3)ncc2N)cc1C1CC1.N#Cc1ccc(Nc2nccc(Nc3cc(C4CC4)[nH]n3)n2)cc1.Nc1cnc(-c2ccccc2)nc1Nc1cc(C2CC2)[nH]n1.[HH].c1ccc(-c2nccc(Nc3cc(C4CC4)[nH]n3)n2)cc1. The minimum Gasteiger partial charge on any atom is -0.394 e. The second-order valence-electron chi connectivity index (χ2n) is 29.3. The van der Waals surface area contributed by atoms with Gasteiger partial charge in [-0.15, -0.1) is 10.2 Å². The summed E-state index contributed by atoms with van der Waals surface area (Å²) in [7, 11) is 0. The monoisotopic (exact) mass is 1600 g/mol. The predicted octanol–water partition coefficient (Wildman–Crippen LogP) is 17.0. The van der Waals surface area contributed by atoms with Crippen LogP contribution in [-0.2, 0) is 4.79 Å². The average molecular weight is 1600 g/mol. The molecule has 0 aliphatic heterocycles. The molecule has 0 unspecified atom stereocenters. The number of nitrogens with zero attached hydrogens (tertiary/aromatic N) is 18. The van der Waals surface area contributed by atoms with Crippen molar-refractivity contribution in [2.45, 2.75) is 115 Å². The summed E-state index contributed by atoms with van der Waals surface area (Å²) in [5.41, 5.74) is 23.8. The summed E-state index contributed by atoms with van der Waals surface area (Å²) in [5, 5.41) is 61.2. The molecule has 20 rings (SSSR count). The molecule has 5 aliphatic carbocycles. The third-order valence-corrected chi connectivity index (χ3v) is 19.6. The van der Waals surface area contributed by atoms with E-state index in [4.69, 9.17) is 16.7 Å². The van der Waals surface area contributed by atoms with Gasteiger partial charge in [0, 0.05) is 140 Å². The number of nitriles is 1. The lowest BCUT2D eigenvalue weighted by atomic mass is 10.2. The van der Waals surface area contributed by atoms with Gasteiger partial charge >= 0.3 is 0 Å². The van der Waals surface area contributed by atoms with Crippen molar-refractivity contribution >= 4 is 105 Å². The molecule has 120 heavy (non-hydrogen) atoms. The first-order valence-corrected chi connectivity index (χ1v) is 39.4. The molecule has 5 fully saturated rings. The van der Waals surface area contributed by atoms with Gasteiger partial charge in [-0.25, -0.2) is 54.2 Å². The second kappa shape index (κ2) is 36.0. The lowest BCUT2D eigenvalue weighted by molar-refractivity contribution is -0.114. The minimum atomic E-state index is -0.230. The van der Waals surface area contributed by atoms with Crippen LogP contribution in [0.4, 0.5) is 86.9 Å². The van der Waals surface area contributed by atoms with E-state index in [1.165, 1.54) is 85.7 Å². The summed E-state index contributed by atoms with van der Waals surface area (Å²) in [6.07, 6.45) is 19.9. The van der Waals surface area contributed by atoms with E-state index in [1.807, 2.05) is 164 Å². The second-order valence-corrected chi connectivity index (χ2v) is 29.3. The van der Waals surface area contributed by atoms with Gasteiger partial charge in [0.1, 0.15) is 17.3 Å². The van der Waals surface area contributed by atoms with Crippen LogP contribution in [0, 0.1) is 11.3 Å². The summed E-state index contributed by atoms with van der Waals surface area (Å²) in [6.45, 7) is 4.42. The van der Waals surface area contributed by atoms with Gasteiger partial charge in [-0.1, -0.05) is 121 Å². The zero-order valence-electron chi connectivity index (χ0n) is 65.7. The van der Waals surface area contributed by atoms with Gasteiger partial charge in [-0.3, -0.25) is 29.7 Å². The number of nitrogens with two attached hydrogens (primary N) is 2. The fraction of sp³-hybridized carbons (Fsp3) is 0.207. The maximum atomic E-state index is 11.9. The van der Waals surface area contributed by atoms with Crippen LogP contribution in [-0.4, -0.2) is 118 Å². The number of hydrogen-bond donors (Lipinski definition) is 12. The number of amides is 1. The highest BCUT2D eigenvalue weighted by Crippen LogP contribution is 2.45. The maximum absolute atomic E-state index is 11.9. The Bertz CT molecular complexity index is 6130. The van der Waals surface area contributed by atoms with Crippen molar-refractivity contribution in [3.05, 3.63) is 253 Å². The Hall–Kier alpha value is -15.8. The van der Waals surface area contributed by atoms with E-state index in [9.17, 15) is 14.4 Å². The van der Waals surface area contributed by atoms with E-state index in [1.54, 1.807) is 49.2 Å². The number of aromatic amines is 3. The number of aromatic nitrogens is 20. The molecule has 5 saturated carbocycles. The Morgan fingerprint density at radius 2 is 0.775 bits per heavy atom. The molecule has 33 nitrogen and oxygen atoms in total. The predicted molar refractivity (Wildman–Crippen MR) is 461 cm³/mol. The molecule has 0 bridgehead atoms. The molecule has 10 heterocycles. The van der Waals surface area contributed by atoms with E-state index in [0.29, 0.717) is 116 Å². The van der Waals surface area contributed by atoms with Crippen LogP contribution in [0.3, 0.4) is 0 Å². The summed E-state index contributed by atoms with van der Waals surface area (Å²) in [4.78, 5) is 79.2. The third-order valence-electron chi connectivity index (χ3n) is 19.6. The van der Waals surface area contributed by atoms with Gasteiger partial charge in [-0.05, 0) is 101 Å². The third kappa shape index (κ3) is 20.7. The molecule has 0 saturated heterocycles. The first kappa shape index (κ1) is 78.2. The zero-order chi connectivity index (χ0) is 82.4. The number of rotatable bonds is 22. The lowest BCUT2D eigenvalue weighted by Crippen LogP contribution is -2.12. The van der Waals surface area contributed by atoms with Crippen LogP contribution in [0.15, 0.2) is 219 Å². The number of carbonyl (C=O) groups excluding carboxylic acids is 3. The van der Waals surface area contributed by atoms with Crippen LogP contribution < -0.4 is 48.7 Å². The van der Waals surface area contributed by atoms with Gasteiger partial charge in [0.15, 0.2) is 69.8 Å². The van der Waals surface area contributed by atoms with Crippen molar-refractivity contribution in [1.29, 1.82) is 5.26 Å². The van der Waals surface area contributed by atoms with E-state index in [0.717, 1.165) is 88.3 Å². The summed E-state index contributed by atoms with van der Waals surface area (Å²) < 4.78 is 2.88. The molecule has 14 N–H and O–H groups in total. The molecule has 602 valence electrons. The molecule has 15 aromatic rings. The molecule has 0 spiro atoms. The number of benzene rings is 5. The smallest absolute Gasteiger partial charge is 0.244 e. The Balaban J connectivity index is 0.000000118. The molecule has 0 atom stereocenters. The molecule has 10 aromatic heterocycles. The zero-order valence-corrected chi connectivity index (χ0v) is 65.7. The van der Waals surface area contributed by atoms with Crippen molar-refractivity contribution in [1.82, 2.24) is 100.0 Å². The number of nitrogen functional groups attached to an aromatic ring is 2. The molecular weight excluding hydrogens is 1510 g/mol. The molecule has 33 heteroatoms. The Morgan fingerprint density at radius 3 is 1.18 bits per heavy atom. The first-order valence-electron chi connectivity index (χ1n) is 39.4. The first-order chi connectivity index (χ1) is 58.6. The highest BCUT2D eigenvalue weighted by molar-refractivity contribution is 5.92. The molecular formula is C87H86N30O3. The fourth-order valence-electron chi connectivity index (χ4n) is 12.7. The Labute approximate surface area is 690 Å². The Kier molecular flexibility index (Phi) is 23.4. The van der Waals surface area contributed by atoms with Crippen LogP contribution in [0.1, 0.15) is 160 Å². The van der Waals surface area contributed by atoms with E-state index in [-0.39, 0.29) is 19.1 Å². The van der Waals surface area contributed by atoms with E-state index >= 15 is 0 Å². The largest absolute Gasteiger partial charge is 0.394 e. The summed E-state index contributed by atoms with van der Waals surface area (Å²) in [6, 6.07) is 61.7. The van der Waals surface area contributed by atoms with Crippen molar-refractivity contribution in [3.8, 4) is 51.6 Å². The molecule has 0 radical (unpaired) electrons. The normalized spacial score (nSPS) is 13.6. The maximum Gasteiger partial charge on any atom is 0.244 e. The van der Waals surface area contributed by atoms with Gasteiger partial charge in [0.2, 0.25) is 23.7 Å². The van der Waals surface area contributed by atoms with E-state index < -0.39 is 0 Å². The van der Waals surface area contributed by atoms with Gasteiger partial charge in [0.25, 0.3) is 0 Å². The van der Waals surface area contributed by atoms with Crippen molar-refractivity contribution < 1.29 is 15.8 Å². The fourth-order valence-corrected chi connectivity index (χ4v) is 12.7. The number of H-pyrrole nitrogens is 3. The number of hydrogen-bond acceptors (Lipinski definition) is 27. The average Bonchev–Trinajstić information content (AvgIpc) is 1.65. The molecule has 5 aromatic carbocycles. The molecule has 1 amide bonds. The topological polar surface area (TPSA) is 462 Å². The highest BCUT2D eigenvalue weighted by Gasteiger charge is 2.32. The quantitative estimate of drug-likeness (QED) is 0.0300. The standard InChI is InChI=1S/C20H20N6O2.C18H18N6O.C17H15N7.C16H16N6.C16H15N5.H2/c1-12(27)22-16-11-21-19(15-6-4-3-5-7-15)24-20(16)23-18-10-17(14-8-9-14)26(25-18)13(2)28;1-11(25)24-15(12-7-8-12)9-16(23-24)21-18-14(19)10-20-17(22-18)13-5-3-2-4-6-13;18-10-11-1-5-13(6-2-11)20-17-19-8-7-15(22-17)21-16-9-14(23-24-16)12-3-4-12;17-12-9-18-15(11-4-2-1-3-5-11)20-16(12)19-14-8-13(21-22-14)10-6-7-10;1-2-4-12(5-3-1)16-17-9-8-14(19-16)18-15-10-13(20-21-15)11-6-7-11;/h3-7,10-11,14H,8-9H2,1-2H3,(H,22,27)(H,21,23,24,25);2-6,9-10,12H,7-8,19H2,1H3,(H,20,21,22,23);1-2,5-9,12H,3-4H2,(H3,19,20,21,22,23,24);1-5,8-10H,6-7,17H2,(H2,18,19,20,21,22);1-5,8-11H,6-7H2,(H2,17,18,19,20,21);1H. The van der Waals surface area contributed by atoms with Crippen LogP contribution in [0.2, 0.25) is 0 Å². The highest BCUT2D eigenvalue weighted by atomic mass is 16.2. The van der Waals surface area contributed by atoms with Crippen molar-refractivity contribution in [2.75, 3.05) is 48.7 Å². The van der Waals surface area contributed by atoms with Crippen LogP contribution in [0.25, 0.3) is 45.6 Å². The molecule has 5 aliphatic rings. The van der Waals surface area contributed by atoms with E-state index in [2.05, 4.69) is 140 Å². The van der Waals surface area contributed by atoms with Gasteiger partial charge in [0.05, 0.1) is 53.0 Å². The number of nitrogens with one attached hydrogen (secondary N) is 10.